The molecule has 1 nitrogen and oxygen atoms in total. The third kappa shape index (κ3) is 2.60. The fourth-order valence-corrected chi connectivity index (χ4v) is 2.13. The number of nitrogens with one attached hydrogen (secondary N) is 1. The third-order valence-corrected chi connectivity index (χ3v) is 3.30. The molecule has 1 aliphatic rings. The van der Waals surface area contributed by atoms with E-state index >= 15 is 0 Å². The van der Waals surface area contributed by atoms with Crippen LogP contribution in [0.2, 0.25) is 0 Å². The van der Waals surface area contributed by atoms with Crippen LogP contribution in [0.25, 0.3) is 0 Å². The van der Waals surface area contributed by atoms with Gasteiger partial charge in [-0.3, -0.25) is 0 Å². The van der Waals surface area contributed by atoms with Crippen LogP contribution in [0.1, 0.15) is 50.2 Å². The lowest BCUT2D eigenvalue weighted by atomic mass is 9.78. The Hall–Kier alpha value is -0.820. The zero-order valence-electron chi connectivity index (χ0n) is 9.79. The smallest absolute Gasteiger partial charge is 0.0210 e. The Bertz CT molecular complexity index is 313. The van der Waals surface area contributed by atoms with Crippen LogP contribution in [-0.4, -0.2) is 6.04 Å². The van der Waals surface area contributed by atoms with E-state index in [1.807, 2.05) is 0 Å². The lowest BCUT2D eigenvalue weighted by Gasteiger charge is -2.28. The van der Waals surface area contributed by atoms with Crippen molar-refractivity contribution in [2.24, 2.45) is 0 Å². The van der Waals surface area contributed by atoms with Crippen LogP contribution in [0.5, 0.6) is 0 Å². The summed E-state index contributed by atoms with van der Waals surface area (Å²) in [6.07, 6.45) is 4.19. The van der Waals surface area contributed by atoms with Crippen molar-refractivity contribution in [2.45, 2.75) is 51.6 Å². The average molecular weight is 203 g/mol. The molecule has 1 aliphatic carbocycles. The molecule has 0 heterocycles. The lowest BCUT2D eigenvalue weighted by Crippen LogP contribution is -2.23. The van der Waals surface area contributed by atoms with Gasteiger partial charge in [0.05, 0.1) is 0 Å². The molecule has 0 spiro atoms. The van der Waals surface area contributed by atoms with E-state index in [0.29, 0.717) is 6.04 Å². The second-order valence-corrected chi connectivity index (χ2v) is 4.86. The maximum atomic E-state index is 3.51. The maximum Gasteiger partial charge on any atom is 0.0210 e. The van der Waals surface area contributed by atoms with Gasteiger partial charge in [-0.1, -0.05) is 44.5 Å². The predicted molar refractivity (Wildman–Crippen MR) is 65.0 cm³/mol. The summed E-state index contributed by atoms with van der Waals surface area (Å²) in [4.78, 5) is 0. The summed E-state index contributed by atoms with van der Waals surface area (Å²) < 4.78 is 0. The van der Waals surface area contributed by atoms with Crippen molar-refractivity contribution in [1.29, 1.82) is 0 Å². The molecule has 1 aromatic rings. The van der Waals surface area contributed by atoms with E-state index < -0.39 is 0 Å². The first-order chi connectivity index (χ1) is 7.27. The first kappa shape index (κ1) is 10.7. The Kier molecular flexibility index (Phi) is 3.42. The maximum absolute atomic E-state index is 3.51. The Morgan fingerprint density at radius 2 is 2.00 bits per heavy atom. The highest BCUT2D eigenvalue weighted by atomic mass is 14.9. The van der Waals surface area contributed by atoms with Crippen molar-refractivity contribution >= 4 is 0 Å². The first-order valence-corrected chi connectivity index (χ1v) is 6.08. The van der Waals surface area contributed by atoms with Gasteiger partial charge in [-0.15, -0.1) is 0 Å². The number of benzene rings is 1. The Labute approximate surface area is 92.9 Å². The van der Waals surface area contributed by atoms with E-state index in [2.05, 4.69) is 43.4 Å². The number of hydrogen-bond donors (Lipinski definition) is 1. The van der Waals surface area contributed by atoms with Crippen molar-refractivity contribution in [3.8, 4) is 0 Å². The molecule has 0 bridgehead atoms. The third-order valence-electron chi connectivity index (χ3n) is 3.30. The fourth-order valence-electron chi connectivity index (χ4n) is 2.13. The molecule has 0 aliphatic heterocycles. The zero-order chi connectivity index (χ0) is 10.7. The van der Waals surface area contributed by atoms with E-state index in [0.717, 1.165) is 12.5 Å². The molecular weight excluding hydrogens is 182 g/mol. The summed E-state index contributed by atoms with van der Waals surface area (Å²) in [5, 5.41) is 3.51. The lowest BCUT2D eigenvalue weighted by molar-refractivity contribution is 0.415. The van der Waals surface area contributed by atoms with Gasteiger partial charge in [0.1, 0.15) is 0 Å². The van der Waals surface area contributed by atoms with Crippen molar-refractivity contribution < 1.29 is 0 Å². The largest absolute Gasteiger partial charge is 0.310 e. The van der Waals surface area contributed by atoms with Gasteiger partial charge in [-0.25, -0.2) is 0 Å². The van der Waals surface area contributed by atoms with Crippen LogP contribution in [0.15, 0.2) is 24.3 Å². The minimum Gasteiger partial charge on any atom is -0.310 e. The summed E-state index contributed by atoms with van der Waals surface area (Å²) in [6.45, 7) is 5.42. The minimum absolute atomic E-state index is 0.569. The topological polar surface area (TPSA) is 12.0 Å². The molecule has 82 valence electrons. The van der Waals surface area contributed by atoms with Gasteiger partial charge in [0, 0.05) is 12.6 Å². The average Bonchev–Trinajstić information content (AvgIpc) is 2.14. The van der Waals surface area contributed by atoms with Crippen LogP contribution in [-0.2, 0) is 6.54 Å². The molecule has 15 heavy (non-hydrogen) atoms. The molecule has 1 N–H and O–H groups in total. The van der Waals surface area contributed by atoms with Gasteiger partial charge in [0.2, 0.25) is 0 Å². The van der Waals surface area contributed by atoms with Gasteiger partial charge < -0.3 is 5.32 Å². The quantitative estimate of drug-likeness (QED) is 0.790. The van der Waals surface area contributed by atoms with Crippen molar-refractivity contribution in [3.63, 3.8) is 0 Å². The van der Waals surface area contributed by atoms with Crippen LogP contribution in [0.4, 0.5) is 0 Å². The summed E-state index contributed by atoms with van der Waals surface area (Å²) in [5.41, 5.74) is 3.08. The molecule has 0 atom stereocenters. The molecule has 0 unspecified atom stereocenters. The van der Waals surface area contributed by atoms with Gasteiger partial charge in [0.15, 0.2) is 0 Å². The first-order valence-electron chi connectivity index (χ1n) is 6.08. The second kappa shape index (κ2) is 4.80. The molecule has 0 aromatic heterocycles. The Morgan fingerprint density at radius 1 is 1.27 bits per heavy atom. The van der Waals surface area contributed by atoms with Crippen LogP contribution < -0.4 is 5.32 Å². The predicted octanol–water partition coefficient (Wildman–Crippen LogP) is 3.45. The van der Waals surface area contributed by atoms with E-state index in [-0.39, 0.29) is 0 Å². The highest BCUT2D eigenvalue weighted by molar-refractivity contribution is 5.31. The van der Waals surface area contributed by atoms with Gasteiger partial charge in [-0.05, 0) is 29.9 Å². The number of rotatable bonds is 4. The van der Waals surface area contributed by atoms with Gasteiger partial charge in [0.25, 0.3) is 0 Å². The number of hydrogen-bond acceptors (Lipinski definition) is 1. The van der Waals surface area contributed by atoms with E-state index in [1.165, 1.54) is 24.8 Å². The highest BCUT2D eigenvalue weighted by Crippen LogP contribution is 2.37. The van der Waals surface area contributed by atoms with Crippen LogP contribution >= 0.6 is 0 Å². The molecule has 0 saturated heterocycles. The molecule has 1 aromatic carbocycles. The molecule has 0 radical (unpaired) electrons. The second-order valence-electron chi connectivity index (χ2n) is 4.86. The molecule has 0 amide bonds. The summed E-state index contributed by atoms with van der Waals surface area (Å²) in [6, 6.07) is 9.47. The summed E-state index contributed by atoms with van der Waals surface area (Å²) in [5.74, 6) is 0.843. The van der Waals surface area contributed by atoms with Gasteiger partial charge in [-0.2, -0.15) is 0 Å². The SMILES string of the molecule is CC(C)NCc1ccccc1C1CCC1. The Balaban J connectivity index is 2.07. The summed E-state index contributed by atoms with van der Waals surface area (Å²) in [7, 11) is 0. The zero-order valence-corrected chi connectivity index (χ0v) is 9.79. The van der Waals surface area contributed by atoms with E-state index in [4.69, 9.17) is 0 Å². The summed E-state index contributed by atoms with van der Waals surface area (Å²) >= 11 is 0. The van der Waals surface area contributed by atoms with Crippen molar-refractivity contribution in [3.05, 3.63) is 35.4 Å². The normalized spacial score (nSPS) is 16.7. The monoisotopic (exact) mass is 203 g/mol. The molecular formula is C14H21N. The molecule has 1 heteroatoms. The standard InChI is InChI=1S/C14H21N/c1-11(2)15-10-13-6-3-4-9-14(13)12-7-5-8-12/h3-4,6,9,11-12,15H,5,7-8,10H2,1-2H3. The highest BCUT2D eigenvalue weighted by Gasteiger charge is 2.21. The molecule has 1 fully saturated rings. The van der Waals surface area contributed by atoms with Gasteiger partial charge >= 0.3 is 0 Å². The van der Waals surface area contributed by atoms with Crippen LogP contribution in [0, 0.1) is 0 Å². The van der Waals surface area contributed by atoms with E-state index in [1.54, 1.807) is 5.56 Å². The Morgan fingerprint density at radius 3 is 2.60 bits per heavy atom. The molecule has 1 saturated carbocycles. The molecule has 2 rings (SSSR count). The fraction of sp³-hybridized carbons (Fsp3) is 0.571. The van der Waals surface area contributed by atoms with Crippen molar-refractivity contribution in [1.82, 2.24) is 5.32 Å². The van der Waals surface area contributed by atoms with Crippen molar-refractivity contribution in [2.75, 3.05) is 0 Å². The van der Waals surface area contributed by atoms with E-state index in [9.17, 15) is 0 Å². The minimum atomic E-state index is 0.569. The van der Waals surface area contributed by atoms with Crippen LogP contribution in [0.3, 0.4) is 0 Å².